The number of fused-ring (bicyclic) bond motifs is 1. The molecule has 0 spiro atoms. The summed E-state index contributed by atoms with van der Waals surface area (Å²) in [6.45, 7) is 4.04. The molecule has 3 unspecified atom stereocenters. The van der Waals surface area contributed by atoms with Gasteiger partial charge in [0.1, 0.15) is 6.23 Å². The number of carbonyl (C=O) groups is 1. The van der Waals surface area contributed by atoms with E-state index in [4.69, 9.17) is 0 Å². The second kappa shape index (κ2) is 1.37. The van der Waals surface area contributed by atoms with Gasteiger partial charge in [0.15, 0.2) is 0 Å². The Morgan fingerprint density at radius 2 is 2.20 bits per heavy atom. The van der Waals surface area contributed by atoms with Gasteiger partial charge in [0, 0.05) is 5.92 Å². The molecule has 0 aromatic carbocycles. The van der Waals surface area contributed by atoms with Crippen molar-refractivity contribution in [2.45, 2.75) is 20.1 Å². The van der Waals surface area contributed by atoms with Crippen LogP contribution in [0.25, 0.3) is 0 Å². The van der Waals surface area contributed by atoms with E-state index in [2.05, 4.69) is 5.32 Å². The number of amides is 1. The maximum atomic E-state index is 11.0. The number of piperidine rings is 1. The van der Waals surface area contributed by atoms with Gasteiger partial charge in [-0.1, -0.05) is 13.8 Å². The van der Waals surface area contributed by atoms with Gasteiger partial charge in [-0.25, -0.2) is 0 Å². The molecule has 0 aromatic heterocycles. The monoisotopic (exact) mass is 141 g/mol. The zero-order valence-electron chi connectivity index (χ0n) is 6.09. The minimum absolute atomic E-state index is 0.0162. The van der Waals surface area contributed by atoms with Crippen molar-refractivity contribution in [1.29, 1.82) is 0 Å². The van der Waals surface area contributed by atoms with E-state index < -0.39 is 6.23 Å². The summed E-state index contributed by atoms with van der Waals surface area (Å²) < 4.78 is 0. The maximum Gasteiger partial charge on any atom is 0.226 e. The lowest BCUT2D eigenvalue weighted by Crippen LogP contribution is -2.33. The molecule has 1 saturated carbocycles. The number of hydrogen-bond acceptors (Lipinski definition) is 2. The van der Waals surface area contributed by atoms with Gasteiger partial charge in [-0.3, -0.25) is 4.79 Å². The van der Waals surface area contributed by atoms with Crippen LogP contribution in [0.5, 0.6) is 0 Å². The van der Waals surface area contributed by atoms with Crippen LogP contribution >= 0.6 is 0 Å². The van der Waals surface area contributed by atoms with Crippen LogP contribution in [0.3, 0.4) is 0 Å². The SMILES string of the molecule is CC1(C)C2C(=O)NC(O)C21. The van der Waals surface area contributed by atoms with Gasteiger partial charge in [0.25, 0.3) is 0 Å². The van der Waals surface area contributed by atoms with Crippen molar-refractivity contribution in [3.8, 4) is 0 Å². The number of aliphatic hydroxyl groups excluding tert-OH is 1. The first-order valence-corrected chi connectivity index (χ1v) is 3.53. The molecule has 2 rings (SSSR count). The molecule has 0 aromatic rings. The molecule has 2 aliphatic rings. The van der Waals surface area contributed by atoms with Crippen LogP contribution in [0.2, 0.25) is 0 Å². The van der Waals surface area contributed by atoms with E-state index in [-0.39, 0.29) is 23.2 Å². The highest BCUT2D eigenvalue weighted by atomic mass is 16.3. The molecular weight excluding hydrogens is 130 g/mol. The third-order valence-electron chi connectivity index (χ3n) is 2.82. The van der Waals surface area contributed by atoms with E-state index >= 15 is 0 Å². The fourth-order valence-corrected chi connectivity index (χ4v) is 2.09. The summed E-state index contributed by atoms with van der Waals surface area (Å²) in [4.78, 5) is 11.0. The molecule has 1 heterocycles. The van der Waals surface area contributed by atoms with Crippen molar-refractivity contribution >= 4 is 5.91 Å². The van der Waals surface area contributed by atoms with E-state index in [1.807, 2.05) is 13.8 Å². The predicted octanol–water partition coefficient (Wildman–Crippen LogP) is -0.293. The smallest absolute Gasteiger partial charge is 0.226 e. The summed E-state index contributed by atoms with van der Waals surface area (Å²) in [6.07, 6.45) is -0.590. The Labute approximate surface area is 59.4 Å². The minimum atomic E-state index is -0.590. The van der Waals surface area contributed by atoms with E-state index in [1.54, 1.807) is 0 Å². The van der Waals surface area contributed by atoms with Crippen LogP contribution in [0.4, 0.5) is 0 Å². The largest absolute Gasteiger partial charge is 0.373 e. The lowest BCUT2D eigenvalue weighted by atomic mass is 10.1. The summed E-state index contributed by atoms with van der Waals surface area (Å²) >= 11 is 0. The predicted molar refractivity (Wildman–Crippen MR) is 34.9 cm³/mol. The summed E-state index contributed by atoms with van der Waals surface area (Å²) in [5, 5.41) is 11.7. The molecule has 0 radical (unpaired) electrons. The molecule has 1 aliphatic carbocycles. The van der Waals surface area contributed by atoms with Gasteiger partial charge >= 0.3 is 0 Å². The third kappa shape index (κ3) is 0.475. The zero-order chi connectivity index (χ0) is 7.52. The molecule has 3 nitrogen and oxygen atoms in total. The molecule has 1 aliphatic heterocycles. The van der Waals surface area contributed by atoms with Crippen molar-refractivity contribution in [2.24, 2.45) is 17.3 Å². The van der Waals surface area contributed by atoms with Crippen LogP contribution in [-0.2, 0) is 4.79 Å². The molecule has 2 N–H and O–H groups in total. The van der Waals surface area contributed by atoms with Crippen molar-refractivity contribution in [1.82, 2.24) is 5.32 Å². The van der Waals surface area contributed by atoms with Crippen LogP contribution in [0, 0.1) is 17.3 Å². The highest BCUT2D eigenvalue weighted by Crippen LogP contribution is 2.62. The first kappa shape index (κ1) is 6.16. The van der Waals surface area contributed by atoms with Crippen LogP contribution in [-0.4, -0.2) is 17.2 Å². The molecule has 3 heteroatoms. The lowest BCUT2D eigenvalue weighted by molar-refractivity contribution is -0.123. The number of aliphatic hydroxyl groups is 1. The number of carbonyl (C=O) groups excluding carboxylic acids is 1. The van der Waals surface area contributed by atoms with Gasteiger partial charge in [-0.15, -0.1) is 0 Å². The van der Waals surface area contributed by atoms with Crippen LogP contribution < -0.4 is 5.32 Å². The first-order chi connectivity index (χ1) is 4.55. The normalized spacial score (nSPS) is 48.3. The van der Waals surface area contributed by atoms with Crippen molar-refractivity contribution in [3.63, 3.8) is 0 Å². The van der Waals surface area contributed by atoms with E-state index in [0.717, 1.165) is 0 Å². The molecule has 0 bridgehead atoms. The Morgan fingerprint density at radius 1 is 1.60 bits per heavy atom. The number of nitrogens with one attached hydrogen (secondary N) is 1. The Morgan fingerprint density at radius 3 is 2.40 bits per heavy atom. The van der Waals surface area contributed by atoms with Gasteiger partial charge in [0.05, 0.1) is 5.92 Å². The molecular formula is C7H11NO2. The van der Waals surface area contributed by atoms with E-state index in [9.17, 15) is 9.90 Å². The van der Waals surface area contributed by atoms with Crippen molar-refractivity contribution in [3.05, 3.63) is 0 Å². The standard InChI is InChI=1S/C7H11NO2/c1-7(2)3-4(7)6(10)8-5(3)9/h3-5,9H,1-2H3,(H,8,10). The zero-order valence-corrected chi connectivity index (χ0v) is 6.09. The molecule has 56 valence electrons. The second-order valence-electron chi connectivity index (χ2n) is 3.78. The molecule has 3 atom stereocenters. The Balaban J connectivity index is 2.25. The fourth-order valence-electron chi connectivity index (χ4n) is 2.09. The Kier molecular flexibility index (Phi) is 0.844. The first-order valence-electron chi connectivity index (χ1n) is 3.53. The van der Waals surface area contributed by atoms with Crippen molar-refractivity contribution < 1.29 is 9.90 Å². The van der Waals surface area contributed by atoms with E-state index in [0.29, 0.717) is 0 Å². The van der Waals surface area contributed by atoms with Gasteiger partial charge < -0.3 is 10.4 Å². The molecule has 10 heavy (non-hydrogen) atoms. The molecule has 2 fully saturated rings. The average molecular weight is 141 g/mol. The average Bonchev–Trinajstić information content (AvgIpc) is 2.17. The molecule has 1 amide bonds. The van der Waals surface area contributed by atoms with Crippen LogP contribution in [0.15, 0.2) is 0 Å². The summed E-state index contributed by atoms with van der Waals surface area (Å²) in [6, 6.07) is 0. The quantitative estimate of drug-likeness (QED) is 0.487. The van der Waals surface area contributed by atoms with Gasteiger partial charge in [-0.2, -0.15) is 0 Å². The number of hydrogen-bond donors (Lipinski definition) is 2. The highest BCUT2D eigenvalue weighted by Gasteiger charge is 2.69. The Hall–Kier alpha value is -0.570. The lowest BCUT2D eigenvalue weighted by Gasteiger charge is -2.12. The molecule has 1 saturated heterocycles. The van der Waals surface area contributed by atoms with Gasteiger partial charge in [-0.05, 0) is 5.41 Å². The summed E-state index contributed by atoms with van der Waals surface area (Å²) in [5.41, 5.74) is 0.0434. The minimum Gasteiger partial charge on any atom is -0.373 e. The number of rotatable bonds is 0. The topological polar surface area (TPSA) is 49.3 Å². The second-order valence-corrected chi connectivity index (χ2v) is 3.78. The fraction of sp³-hybridized carbons (Fsp3) is 0.857. The Bertz CT molecular complexity index is 200. The van der Waals surface area contributed by atoms with Crippen molar-refractivity contribution in [2.75, 3.05) is 0 Å². The summed E-state index contributed by atoms with van der Waals surface area (Å²) in [7, 11) is 0. The maximum absolute atomic E-state index is 11.0. The van der Waals surface area contributed by atoms with Gasteiger partial charge in [0.2, 0.25) is 5.91 Å². The van der Waals surface area contributed by atoms with E-state index in [1.165, 1.54) is 0 Å². The highest BCUT2D eigenvalue weighted by molar-refractivity contribution is 5.86. The third-order valence-corrected chi connectivity index (χ3v) is 2.82. The summed E-state index contributed by atoms with van der Waals surface area (Å²) in [5.74, 6) is 0.255. The van der Waals surface area contributed by atoms with Crippen LogP contribution in [0.1, 0.15) is 13.8 Å².